The molecule has 2 unspecified atom stereocenters. The summed E-state index contributed by atoms with van der Waals surface area (Å²) in [6.07, 6.45) is 4.94. The zero-order valence-electron chi connectivity index (χ0n) is 9.88. The molecule has 0 radical (unpaired) electrons. The summed E-state index contributed by atoms with van der Waals surface area (Å²) in [5.74, 6) is 0.751. The lowest BCUT2D eigenvalue weighted by Gasteiger charge is -2.27. The van der Waals surface area contributed by atoms with Crippen molar-refractivity contribution in [3.8, 4) is 0 Å². The molecule has 0 amide bonds. The van der Waals surface area contributed by atoms with E-state index in [4.69, 9.17) is 4.74 Å². The van der Waals surface area contributed by atoms with Crippen molar-refractivity contribution in [2.24, 2.45) is 5.92 Å². The van der Waals surface area contributed by atoms with Gasteiger partial charge in [0.1, 0.15) is 0 Å². The molecule has 0 aromatic rings. The lowest BCUT2D eigenvalue weighted by molar-refractivity contribution is 0.173. The smallest absolute Gasteiger partial charge is 0.0510 e. The molecule has 1 aliphatic rings. The van der Waals surface area contributed by atoms with Crippen molar-refractivity contribution in [3.63, 3.8) is 0 Å². The highest BCUT2D eigenvalue weighted by Gasteiger charge is 2.25. The zero-order valence-corrected chi connectivity index (χ0v) is 9.88. The maximum atomic E-state index is 5.45. The largest absolute Gasteiger partial charge is 0.381 e. The number of nitrogens with one attached hydrogen (secondary N) is 1. The Morgan fingerprint density at radius 3 is 2.36 bits per heavy atom. The van der Waals surface area contributed by atoms with Gasteiger partial charge in [0.25, 0.3) is 0 Å². The molecule has 1 fully saturated rings. The predicted octanol–water partition coefficient (Wildman–Crippen LogP) is 2.58. The zero-order chi connectivity index (χ0) is 10.4. The predicted molar refractivity (Wildman–Crippen MR) is 60.5 cm³/mol. The van der Waals surface area contributed by atoms with Gasteiger partial charge in [-0.1, -0.05) is 20.8 Å². The average molecular weight is 199 g/mol. The Morgan fingerprint density at radius 2 is 1.93 bits per heavy atom. The Balaban J connectivity index is 2.36. The highest BCUT2D eigenvalue weighted by atomic mass is 16.5. The van der Waals surface area contributed by atoms with E-state index in [0.29, 0.717) is 12.1 Å². The maximum absolute atomic E-state index is 5.45. The minimum atomic E-state index is 0.669. The number of hydrogen-bond acceptors (Lipinski definition) is 2. The van der Waals surface area contributed by atoms with E-state index in [-0.39, 0.29) is 0 Å². The molecular weight excluding hydrogens is 174 g/mol. The van der Waals surface area contributed by atoms with Gasteiger partial charge in [0.2, 0.25) is 0 Å². The standard InChI is InChI=1S/C12H25NO/c1-4-11(5-2)13-12(6-3)10-7-8-14-9-10/h10-13H,4-9H2,1-3H3. The molecule has 1 heterocycles. The van der Waals surface area contributed by atoms with Crippen LogP contribution in [0.2, 0.25) is 0 Å². The van der Waals surface area contributed by atoms with Gasteiger partial charge in [0, 0.05) is 18.7 Å². The van der Waals surface area contributed by atoms with Crippen molar-refractivity contribution in [2.75, 3.05) is 13.2 Å². The van der Waals surface area contributed by atoms with Gasteiger partial charge in [-0.2, -0.15) is 0 Å². The Bertz CT molecular complexity index is 139. The van der Waals surface area contributed by atoms with Gasteiger partial charge in [0.15, 0.2) is 0 Å². The third-order valence-corrected chi connectivity index (χ3v) is 3.41. The van der Waals surface area contributed by atoms with Crippen LogP contribution in [-0.4, -0.2) is 25.3 Å². The summed E-state index contributed by atoms with van der Waals surface area (Å²) < 4.78 is 5.45. The SMILES string of the molecule is CCC(CC)NC(CC)C1CCOC1. The Labute approximate surface area is 88.4 Å². The Hall–Kier alpha value is -0.0800. The van der Waals surface area contributed by atoms with E-state index < -0.39 is 0 Å². The molecule has 2 atom stereocenters. The first-order valence-electron chi connectivity index (χ1n) is 6.15. The van der Waals surface area contributed by atoms with Crippen LogP contribution < -0.4 is 5.32 Å². The second kappa shape index (κ2) is 6.41. The van der Waals surface area contributed by atoms with E-state index in [1.54, 1.807) is 0 Å². The van der Waals surface area contributed by atoms with Crippen LogP contribution in [0.15, 0.2) is 0 Å². The van der Waals surface area contributed by atoms with Crippen LogP contribution in [0.25, 0.3) is 0 Å². The fraction of sp³-hybridized carbons (Fsp3) is 1.00. The maximum Gasteiger partial charge on any atom is 0.0510 e. The quantitative estimate of drug-likeness (QED) is 0.710. The van der Waals surface area contributed by atoms with E-state index >= 15 is 0 Å². The van der Waals surface area contributed by atoms with Crippen LogP contribution in [0.1, 0.15) is 46.5 Å². The van der Waals surface area contributed by atoms with E-state index in [1.807, 2.05) is 0 Å². The van der Waals surface area contributed by atoms with Crippen molar-refractivity contribution < 1.29 is 4.74 Å². The molecule has 84 valence electrons. The molecule has 1 N–H and O–H groups in total. The number of hydrogen-bond donors (Lipinski definition) is 1. The second-order valence-corrected chi connectivity index (χ2v) is 4.32. The first kappa shape index (κ1) is 12.0. The minimum absolute atomic E-state index is 0.669. The molecule has 0 spiro atoms. The van der Waals surface area contributed by atoms with Gasteiger partial charge < -0.3 is 10.1 Å². The highest BCUT2D eigenvalue weighted by molar-refractivity contribution is 4.81. The summed E-state index contributed by atoms with van der Waals surface area (Å²) >= 11 is 0. The van der Waals surface area contributed by atoms with Gasteiger partial charge in [-0.3, -0.25) is 0 Å². The molecule has 2 heteroatoms. The molecule has 1 aliphatic heterocycles. The van der Waals surface area contributed by atoms with Crippen molar-refractivity contribution in [1.29, 1.82) is 0 Å². The van der Waals surface area contributed by atoms with E-state index in [1.165, 1.54) is 25.7 Å². The van der Waals surface area contributed by atoms with Gasteiger partial charge in [0.05, 0.1) is 6.61 Å². The van der Waals surface area contributed by atoms with Crippen LogP contribution in [0.5, 0.6) is 0 Å². The van der Waals surface area contributed by atoms with E-state index in [0.717, 1.165) is 19.1 Å². The summed E-state index contributed by atoms with van der Waals surface area (Å²) in [5.41, 5.74) is 0. The third kappa shape index (κ3) is 3.25. The van der Waals surface area contributed by atoms with Crippen molar-refractivity contribution >= 4 is 0 Å². The topological polar surface area (TPSA) is 21.3 Å². The van der Waals surface area contributed by atoms with E-state index in [9.17, 15) is 0 Å². The first-order valence-corrected chi connectivity index (χ1v) is 6.15. The first-order chi connectivity index (χ1) is 6.81. The Kier molecular flexibility index (Phi) is 5.49. The fourth-order valence-corrected chi connectivity index (χ4v) is 2.28. The molecular formula is C12H25NO. The van der Waals surface area contributed by atoms with Crippen LogP contribution in [0.3, 0.4) is 0 Å². The third-order valence-electron chi connectivity index (χ3n) is 3.41. The van der Waals surface area contributed by atoms with Crippen LogP contribution in [0.4, 0.5) is 0 Å². The summed E-state index contributed by atoms with van der Waals surface area (Å²) in [7, 11) is 0. The minimum Gasteiger partial charge on any atom is -0.381 e. The Morgan fingerprint density at radius 1 is 1.21 bits per heavy atom. The molecule has 0 bridgehead atoms. The normalized spacial score (nSPS) is 24.4. The summed E-state index contributed by atoms with van der Waals surface area (Å²) in [6, 6.07) is 1.36. The molecule has 0 aromatic carbocycles. The van der Waals surface area contributed by atoms with E-state index in [2.05, 4.69) is 26.1 Å². The van der Waals surface area contributed by atoms with Crippen molar-refractivity contribution in [2.45, 2.75) is 58.5 Å². The molecule has 1 rings (SSSR count). The van der Waals surface area contributed by atoms with Crippen LogP contribution >= 0.6 is 0 Å². The second-order valence-electron chi connectivity index (χ2n) is 4.32. The summed E-state index contributed by atoms with van der Waals surface area (Å²) in [5, 5.41) is 3.77. The lowest BCUT2D eigenvalue weighted by atomic mass is 9.95. The molecule has 0 aromatic heterocycles. The summed E-state index contributed by atoms with van der Waals surface area (Å²) in [6.45, 7) is 8.73. The molecule has 2 nitrogen and oxygen atoms in total. The molecule has 0 aliphatic carbocycles. The van der Waals surface area contributed by atoms with Crippen LogP contribution in [0, 0.1) is 5.92 Å². The molecule has 14 heavy (non-hydrogen) atoms. The highest BCUT2D eigenvalue weighted by Crippen LogP contribution is 2.19. The number of ether oxygens (including phenoxy) is 1. The van der Waals surface area contributed by atoms with Crippen molar-refractivity contribution in [1.82, 2.24) is 5.32 Å². The summed E-state index contributed by atoms with van der Waals surface area (Å²) in [4.78, 5) is 0. The average Bonchev–Trinajstić information content (AvgIpc) is 2.73. The van der Waals surface area contributed by atoms with Gasteiger partial charge in [-0.25, -0.2) is 0 Å². The van der Waals surface area contributed by atoms with Gasteiger partial charge in [-0.15, -0.1) is 0 Å². The monoisotopic (exact) mass is 199 g/mol. The molecule has 0 saturated carbocycles. The van der Waals surface area contributed by atoms with Gasteiger partial charge in [-0.05, 0) is 31.6 Å². The number of rotatable bonds is 6. The van der Waals surface area contributed by atoms with Crippen molar-refractivity contribution in [3.05, 3.63) is 0 Å². The molecule has 1 saturated heterocycles. The fourth-order valence-electron chi connectivity index (χ4n) is 2.28. The van der Waals surface area contributed by atoms with Gasteiger partial charge >= 0.3 is 0 Å². The lowest BCUT2D eigenvalue weighted by Crippen LogP contribution is -2.42. The van der Waals surface area contributed by atoms with Crippen LogP contribution in [-0.2, 0) is 4.74 Å².